The van der Waals surface area contributed by atoms with E-state index in [-0.39, 0.29) is 11.5 Å². The Hall–Kier alpha value is -2.18. The second-order valence-corrected chi connectivity index (χ2v) is 9.45. The van der Waals surface area contributed by atoms with Crippen LogP contribution in [0.15, 0.2) is 35.1 Å². The van der Waals surface area contributed by atoms with Gasteiger partial charge in [0.05, 0.1) is 15.8 Å². The molecule has 0 radical (unpaired) electrons. The number of nitrogens with one attached hydrogen (secondary N) is 1. The second-order valence-electron chi connectivity index (χ2n) is 8.40. The SMILES string of the molecule is CCn1c(=O)c2cc(C(=O)NCCCN3[C@H](C)CCC[C@@H]3C)sc2c2ccccc21. The molecule has 0 saturated carbocycles. The largest absolute Gasteiger partial charge is 0.351 e. The smallest absolute Gasteiger partial charge is 0.261 e. The number of carbonyl (C=O) groups excluding carboxylic acids is 1. The number of para-hydroxylation sites is 1. The summed E-state index contributed by atoms with van der Waals surface area (Å²) >= 11 is 1.42. The minimum absolute atomic E-state index is 0.0189. The molecule has 4 rings (SSSR count). The van der Waals surface area contributed by atoms with Gasteiger partial charge in [0.2, 0.25) is 0 Å². The molecule has 1 N–H and O–H groups in total. The lowest BCUT2D eigenvalue weighted by Crippen LogP contribution is -2.44. The second kappa shape index (κ2) is 8.90. The topological polar surface area (TPSA) is 54.3 Å². The summed E-state index contributed by atoms with van der Waals surface area (Å²) in [6.07, 6.45) is 4.79. The maximum Gasteiger partial charge on any atom is 0.261 e. The van der Waals surface area contributed by atoms with Crippen molar-refractivity contribution in [2.24, 2.45) is 0 Å². The van der Waals surface area contributed by atoms with Gasteiger partial charge in [-0.3, -0.25) is 14.5 Å². The minimum Gasteiger partial charge on any atom is -0.351 e. The number of hydrogen-bond acceptors (Lipinski definition) is 4. The van der Waals surface area contributed by atoms with Gasteiger partial charge in [-0.25, -0.2) is 0 Å². The molecule has 1 amide bonds. The number of amides is 1. The van der Waals surface area contributed by atoms with Gasteiger partial charge in [-0.15, -0.1) is 11.3 Å². The van der Waals surface area contributed by atoms with Gasteiger partial charge in [-0.2, -0.15) is 0 Å². The normalized spacial score (nSPS) is 20.1. The molecule has 30 heavy (non-hydrogen) atoms. The third kappa shape index (κ3) is 3.91. The third-order valence-electron chi connectivity index (χ3n) is 6.44. The number of likely N-dealkylation sites (tertiary alicyclic amines) is 1. The van der Waals surface area contributed by atoms with Gasteiger partial charge >= 0.3 is 0 Å². The van der Waals surface area contributed by atoms with E-state index in [1.54, 1.807) is 10.6 Å². The summed E-state index contributed by atoms with van der Waals surface area (Å²) < 4.78 is 2.69. The molecule has 0 spiro atoms. The molecule has 0 aliphatic carbocycles. The minimum atomic E-state index is -0.0810. The van der Waals surface area contributed by atoms with Gasteiger partial charge in [0.25, 0.3) is 11.5 Å². The van der Waals surface area contributed by atoms with E-state index in [2.05, 4.69) is 24.1 Å². The molecular formula is C24H31N3O2S. The van der Waals surface area contributed by atoms with E-state index in [4.69, 9.17) is 0 Å². The van der Waals surface area contributed by atoms with Crippen LogP contribution in [0.1, 0.15) is 56.1 Å². The molecule has 3 heterocycles. The summed E-state index contributed by atoms with van der Waals surface area (Å²) in [5, 5.41) is 4.74. The number of carbonyl (C=O) groups is 1. The van der Waals surface area contributed by atoms with Crippen LogP contribution in [-0.2, 0) is 6.54 Å². The zero-order chi connectivity index (χ0) is 21.3. The van der Waals surface area contributed by atoms with Crippen LogP contribution >= 0.6 is 11.3 Å². The van der Waals surface area contributed by atoms with Crippen molar-refractivity contribution in [1.29, 1.82) is 0 Å². The summed E-state index contributed by atoms with van der Waals surface area (Å²) in [7, 11) is 0. The van der Waals surface area contributed by atoms with Crippen molar-refractivity contribution < 1.29 is 4.79 Å². The molecule has 3 aromatic rings. The van der Waals surface area contributed by atoms with E-state index >= 15 is 0 Å². The molecule has 160 valence electrons. The highest BCUT2D eigenvalue weighted by molar-refractivity contribution is 7.21. The quantitative estimate of drug-likeness (QED) is 0.587. The van der Waals surface area contributed by atoms with Crippen LogP contribution in [0, 0.1) is 0 Å². The number of thiophene rings is 1. The maximum absolute atomic E-state index is 12.9. The first-order chi connectivity index (χ1) is 14.5. The molecular weight excluding hydrogens is 394 g/mol. The first kappa shape index (κ1) is 21.1. The van der Waals surface area contributed by atoms with Crippen LogP contribution in [0.2, 0.25) is 0 Å². The average molecular weight is 426 g/mol. The highest BCUT2D eigenvalue weighted by Gasteiger charge is 2.24. The summed E-state index contributed by atoms with van der Waals surface area (Å²) in [5.74, 6) is -0.0810. The Kier molecular flexibility index (Phi) is 6.25. The average Bonchev–Trinajstić information content (AvgIpc) is 3.19. The molecule has 0 unspecified atom stereocenters. The number of fused-ring (bicyclic) bond motifs is 3. The summed E-state index contributed by atoms with van der Waals surface area (Å²) in [6, 6.07) is 11.0. The lowest BCUT2D eigenvalue weighted by molar-refractivity contribution is 0.0929. The predicted molar refractivity (Wildman–Crippen MR) is 126 cm³/mol. The van der Waals surface area contributed by atoms with Gasteiger partial charge in [-0.1, -0.05) is 24.6 Å². The summed E-state index contributed by atoms with van der Waals surface area (Å²) in [6.45, 7) is 8.87. The highest BCUT2D eigenvalue weighted by Crippen LogP contribution is 2.30. The van der Waals surface area contributed by atoms with Gasteiger partial charge in [-0.05, 0) is 52.2 Å². The molecule has 6 heteroatoms. The fourth-order valence-corrected chi connectivity index (χ4v) is 5.90. The van der Waals surface area contributed by atoms with E-state index in [0.717, 1.165) is 28.6 Å². The number of aryl methyl sites for hydroxylation is 1. The molecule has 2 aromatic heterocycles. The first-order valence-corrected chi connectivity index (χ1v) is 11.9. The van der Waals surface area contributed by atoms with Crippen molar-refractivity contribution in [3.63, 3.8) is 0 Å². The van der Waals surface area contributed by atoms with Crippen LogP contribution in [0.5, 0.6) is 0 Å². The Balaban J connectivity index is 1.48. The van der Waals surface area contributed by atoms with Crippen LogP contribution < -0.4 is 10.9 Å². The summed E-state index contributed by atoms with van der Waals surface area (Å²) in [4.78, 5) is 28.9. The lowest BCUT2D eigenvalue weighted by Gasteiger charge is -2.39. The van der Waals surface area contributed by atoms with Crippen molar-refractivity contribution in [3.05, 3.63) is 45.6 Å². The number of benzene rings is 1. The van der Waals surface area contributed by atoms with Crippen molar-refractivity contribution >= 4 is 38.2 Å². The zero-order valence-corrected chi connectivity index (χ0v) is 18.9. The first-order valence-electron chi connectivity index (χ1n) is 11.1. The molecule has 1 saturated heterocycles. The molecule has 1 fully saturated rings. The van der Waals surface area contributed by atoms with E-state index in [0.29, 0.717) is 35.4 Å². The Morgan fingerprint density at radius 1 is 1.17 bits per heavy atom. The van der Waals surface area contributed by atoms with Crippen molar-refractivity contribution in [2.75, 3.05) is 13.1 Å². The van der Waals surface area contributed by atoms with E-state index in [1.165, 1.54) is 30.6 Å². The van der Waals surface area contributed by atoms with Gasteiger partial charge in [0, 0.05) is 41.8 Å². The molecule has 1 aliphatic heterocycles. The van der Waals surface area contributed by atoms with Crippen molar-refractivity contribution in [2.45, 2.75) is 65.1 Å². The fourth-order valence-electron chi connectivity index (χ4n) is 4.80. The Labute approximate surface area is 181 Å². The van der Waals surface area contributed by atoms with Gasteiger partial charge in [0.15, 0.2) is 0 Å². The van der Waals surface area contributed by atoms with Crippen molar-refractivity contribution in [3.8, 4) is 0 Å². The molecule has 0 bridgehead atoms. The standard InChI is InChI=1S/C24H31N3O2S/c1-4-26-20-12-6-5-11-18(20)22-19(24(26)29)15-21(30-22)23(28)25-13-8-14-27-16(2)9-7-10-17(27)3/h5-6,11-12,15-17H,4,7-10,13-14H2,1-3H3,(H,25,28)/t16-,17+. The third-order valence-corrected chi connectivity index (χ3v) is 7.61. The van der Waals surface area contributed by atoms with Crippen LogP contribution in [0.25, 0.3) is 21.0 Å². The maximum atomic E-state index is 12.9. The Morgan fingerprint density at radius 3 is 2.63 bits per heavy atom. The zero-order valence-electron chi connectivity index (χ0n) is 18.1. The highest BCUT2D eigenvalue weighted by atomic mass is 32.1. The van der Waals surface area contributed by atoms with Crippen LogP contribution in [0.3, 0.4) is 0 Å². The van der Waals surface area contributed by atoms with Crippen LogP contribution in [0.4, 0.5) is 0 Å². The Morgan fingerprint density at radius 2 is 1.90 bits per heavy atom. The number of rotatable bonds is 6. The van der Waals surface area contributed by atoms with Gasteiger partial charge < -0.3 is 9.88 Å². The number of nitrogens with zero attached hydrogens (tertiary/aromatic N) is 2. The van der Waals surface area contributed by atoms with E-state index < -0.39 is 0 Å². The van der Waals surface area contributed by atoms with Gasteiger partial charge in [0.1, 0.15) is 0 Å². The molecule has 5 nitrogen and oxygen atoms in total. The monoisotopic (exact) mass is 425 g/mol. The molecule has 2 atom stereocenters. The number of aromatic nitrogens is 1. The van der Waals surface area contributed by atoms with E-state index in [9.17, 15) is 9.59 Å². The molecule has 1 aromatic carbocycles. The van der Waals surface area contributed by atoms with Crippen LogP contribution in [-0.4, -0.2) is 40.5 Å². The number of piperidine rings is 1. The molecule has 1 aliphatic rings. The Bertz CT molecular complexity index is 1110. The number of hydrogen-bond donors (Lipinski definition) is 1. The predicted octanol–water partition coefficient (Wildman–Crippen LogP) is 4.62. The van der Waals surface area contributed by atoms with E-state index in [1.807, 2.05) is 31.2 Å². The lowest BCUT2D eigenvalue weighted by atomic mass is 9.97. The fraction of sp³-hybridized carbons (Fsp3) is 0.500. The van der Waals surface area contributed by atoms with Crippen molar-refractivity contribution in [1.82, 2.24) is 14.8 Å². The number of pyridine rings is 1. The summed E-state index contributed by atoms with van der Waals surface area (Å²) in [5.41, 5.74) is 0.908.